The second-order valence-electron chi connectivity index (χ2n) is 5.88. The topological polar surface area (TPSA) is 78.5 Å². The molecule has 2 rings (SSSR count). The lowest BCUT2D eigenvalue weighted by atomic mass is 10.2. The zero-order valence-electron chi connectivity index (χ0n) is 13.8. The monoisotopic (exact) mass is 353 g/mol. The van der Waals surface area contributed by atoms with Gasteiger partial charge in [0.15, 0.2) is 0 Å². The fourth-order valence-corrected chi connectivity index (χ4v) is 2.53. The number of hydrogen-bond donors (Lipinski definition) is 2. The molecule has 1 aromatic carbocycles. The second-order valence-corrected chi connectivity index (χ2v) is 5.88. The van der Waals surface area contributed by atoms with Gasteiger partial charge in [-0.05, 0) is 18.9 Å². The van der Waals surface area contributed by atoms with Crippen LogP contribution in [0.2, 0.25) is 0 Å². The van der Waals surface area contributed by atoms with Crippen molar-refractivity contribution in [2.45, 2.75) is 32.2 Å². The Hall–Kier alpha value is -2.51. The fraction of sp³-hybridized carbons (Fsp3) is 0.471. The molecule has 6 nitrogen and oxygen atoms in total. The Morgan fingerprint density at radius 1 is 1.00 bits per heavy atom. The minimum atomic E-state index is -0.746. The average molecular weight is 353 g/mol. The number of rotatable bonds is 7. The zero-order valence-corrected chi connectivity index (χ0v) is 13.8. The van der Waals surface area contributed by atoms with Crippen molar-refractivity contribution in [2.24, 2.45) is 0 Å². The largest absolute Gasteiger partial charge is 0.350 e. The molecular weight excluding hydrogens is 332 g/mol. The van der Waals surface area contributed by atoms with Crippen LogP contribution in [0.25, 0.3) is 0 Å². The van der Waals surface area contributed by atoms with Crippen LogP contribution in [-0.4, -0.2) is 42.3 Å². The van der Waals surface area contributed by atoms with Gasteiger partial charge in [-0.3, -0.25) is 14.4 Å². The summed E-state index contributed by atoms with van der Waals surface area (Å²) >= 11 is 0. The van der Waals surface area contributed by atoms with Crippen molar-refractivity contribution >= 4 is 17.7 Å². The summed E-state index contributed by atoms with van der Waals surface area (Å²) in [5.74, 6) is -2.38. The molecule has 0 unspecified atom stereocenters. The Kier molecular flexibility index (Phi) is 6.85. The predicted molar refractivity (Wildman–Crippen MR) is 86.3 cm³/mol. The van der Waals surface area contributed by atoms with E-state index in [2.05, 4.69) is 10.6 Å². The molecule has 1 aliphatic heterocycles. The molecule has 0 radical (unpaired) electrons. The molecular formula is C17H21F2N3O3. The third-order valence-electron chi connectivity index (χ3n) is 3.96. The van der Waals surface area contributed by atoms with E-state index in [9.17, 15) is 23.2 Å². The maximum atomic E-state index is 13.4. The van der Waals surface area contributed by atoms with Crippen molar-refractivity contribution in [2.75, 3.05) is 19.6 Å². The van der Waals surface area contributed by atoms with Crippen LogP contribution in [0.5, 0.6) is 0 Å². The molecule has 136 valence electrons. The number of nitrogens with zero attached hydrogens (tertiary/aromatic N) is 1. The van der Waals surface area contributed by atoms with E-state index < -0.39 is 23.4 Å². The first-order valence-electron chi connectivity index (χ1n) is 8.21. The van der Waals surface area contributed by atoms with Crippen LogP contribution in [0.15, 0.2) is 18.2 Å². The van der Waals surface area contributed by atoms with Crippen molar-refractivity contribution < 1.29 is 23.2 Å². The predicted octanol–water partition coefficient (Wildman–Crippen LogP) is 1.10. The molecule has 0 aromatic heterocycles. The van der Waals surface area contributed by atoms with Gasteiger partial charge in [0.1, 0.15) is 11.6 Å². The van der Waals surface area contributed by atoms with E-state index in [-0.39, 0.29) is 37.4 Å². The van der Waals surface area contributed by atoms with Crippen LogP contribution in [0.3, 0.4) is 0 Å². The minimum absolute atomic E-state index is 0.0230. The number of amides is 3. The second kappa shape index (κ2) is 9.10. The smallest absolute Gasteiger partial charge is 0.239 e. The zero-order chi connectivity index (χ0) is 18.2. The summed E-state index contributed by atoms with van der Waals surface area (Å²) in [6.07, 6.45) is 2.13. The first kappa shape index (κ1) is 18.8. The number of benzene rings is 1. The third kappa shape index (κ3) is 6.13. The van der Waals surface area contributed by atoms with Crippen LogP contribution >= 0.6 is 0 Å². The van der Waals surface area contributed by atoms with Crippen molar-refractivity contribution in [3.05, 3.63) is 35.4 Å². The van der Waals surface area contributed by atoms with Crippen LogP contribution in [-0.2, 0) is 20.9 Å². The Labute approximate surface area is 144 Å². The van der Waals surface area contributed by atoms with Gasteiger partial charge in [-0.15, -0.1) is 0 Å². The molecule has 0 saturated carbocycles. The van der Waals surface area contributed by atoms with Gasteiger partial charge in [0, 0.05) is 44.1 Å². The van der Waals surface area contributed by atoms with E-state index in [0.29, 0.717) is 0 Å². The molecule has 0 atom stereocenters. The van der Waals surface area contributed by atoms with Crippen LogP contribution in [0, 0.1) is 11.6 Å². The Bertz CT molecular complexity index is 646. The highest BCUT2D eigenvalue weighted by Gasteiger charge is 2.18. The molecule has 1 saturated heterocycles. The SMILES string of the molecule is O=C(CCC(=O)N1CCCC1)NCC(=O)NCc1ccc(F)cc1F. The summed E-state index contributed by atoms with van der Waals surface area (Å²) < 4.78 is 26.2. The van der Waals surface area contributed by atoms with E-state index >= 15 is 0 Å². The van der Waals surface area contributed by atoms with Crippen LogP contribution in [0.4, 0.5) is 8.78 Å². The molecule has 0 spiro atoms. The average Bonchev–Trinajstić information content (AvgIpc) is 3.11. The van der Waals surface area contributed by atoms with Gasteiger partial charge in [-0.2, -0.15) is 0 Å². The molecule has 1 heterocycles. The number of likely N-dealkylation sites (tertiary alicyclic amines) is 1. The molecule has 2 N–H and O–H groups in total. The Morgan fingerprint density at radius 3 is 2.40 bits per heavy atom. The van der Waals surface area contributed by atoms with Gasteiger partial charge in [0.05, 0.1) is 6.54 Å². The molecule has 1 fully saturated rings. The normalized spacial score (nSPS) is 13.6. The van der Waals surface area contributed by atoms with Crippen molar-refractivity contribution in [1.82, 2.24) is 15.5 Å². The molecule has 3 amide bonds. The minimum Gasteiger partial charge on any atom is -0.350 e. The maximum absolute atomic E-state index is 13.4. The third-order valence-corrected chi connectivity index (χ3v) is 3.96. The lowest BCUT2D eigenvalue weighted by Crippen LogP contribution is -2.37. The summed E-state index contributed by atoms with van der Waals surface area (Å²) in [5, 5.41) is 4.85. The Balaban J connectivity index is 1.63. The fourth-order valence-electron chi connectivity index (χ4n) is 2.53. The van der Waals surface area contributed by atoms with Crippen molar-refractivity contribution in [1.29, 1.82) is 0 Å². The summed E-state index contributed by atoms with van der Waals surface area (Å²) in [4.78, 5) is 36.9. The first-order valence-corrected chi connectivity index (χ1v) is 8.21. The van der Waals surface area contributed by atoms with E-state index in [1.807, 2.05) is 0 Å². The van der Waals surface area contributed by atoms with Gasteiger partial charge in [0.2, 0.25) is 17.7 Å². The number of halogens is 2. The summed E-state index contributed by atoms with van der Waals surface area (Å²) in [6.45, 7) is 1.11. The first-order chi connectivity index (χ1) is 12.0. The van der Waals surface area contributed by atoms with Crippen molar-refractivity contribution in [3.8, 4) is 0 Å². The van der Waals surface area contributed by atoms with E-state index in [1.54, 1.807) is 4.90 Å². The van der Waals surface area contributed by atoms with Gasteiger partial charge in [-0.25, -0.2) is 8.78 Å². The molecule has 1 aromatic rings. The maximum Gasteiger partial charge on any atom is 0.239 e. The van der Waals surface area contributed by atoms with Gasteiger partial charge in [-0.1, -0.05) is 6.07 Å². The molecule has 1 aliphatic rings. The van der Waals surface area contributed by atoms with Crippen LogP contribution in [0.1, 0.15) is 31.2 Å². The van der Waals surface area contributed by atoms with Crippen LogP contribution < -0.4 is 10.6 Å². The lowest BCUT2D eigenvalue weighted by molar-refractivity contribution is -0.133. The molecule has 25 heavy (non-hydrogen) atoms. The highest BCUT2D eigenvalue weighted by atomic mass is 19.1. The standard InChI is InChI=1S/C17H21F2N3O3/c18-13-4-3-12(14(19)9-13)10-20-16(24)11-21-15(23)5-6-17(25)22-7-1-2-8-22/h3-4,9H,1-2,5-8,10-11H2,(H,20,24)(H,21,23). The number of nitrogens with one attached hydrogen (secondary N) is 2. The molecule has 8 heteroatoms. The van der Waals surface area contributed by atoms with Gasteiger partial charge in [0.25, 0.3) is 0 Å². The van der Waals surface area contributed by atoms with E-state index in [4.69, 9.17) is 0 Å². The summed E-state index contributed by atoms with van der Waals surface area (Å²) in [5.41, 5.74) is 0.150. The lowest BCUT2D eigenvalue weighted by Gasteiger charge is -2.14. The highest BCUT2D eigenvalue weighted by molar-refractivity contribution is 5.87. The van der Waals surface area contributed by atoms with Gasteiger partial charge >= 0.3 is 0 Å². The molecule has 0 bridgehead atoms. The summed E-state index contributed by atoms with van der Waals surface area (Å²) in [7, 11) is 0. The van der Waals surface area contributed by atoms with Gasteiger partial charge < -0.3 is 15.5 Å². The highest BCUT2D eigenvalue weighted by Crippen LogP contribution is 2.10. The van der Waals surface area contributed by atoms with Crippen molar-refractivity contribution in [3.63, 3.8) is 0 Å². The Morgan fingerprint density at radius 2 is 1.72 bits per heavy atom. The quantitative estimate of drug-likeness (QED) is 0.771. The number of carbonyl (C=O) groups is 3. The number of hydrogen-bond acceptors (Lipinski definition) is 3. The summed E-state index contributed by atoms with van der Waals surface area (Å²) in [6, 6.07) is 3.08. The van der Waals surface area contributed by atoms with E-state index in [1.165, 1.54) is 6.07 Å². The van der Waals surface area contributed by atoms with E-state index in [0.717, 1.165) is 38.1 Å². The number of carbonyl (C=O) groups excluding carboxylic acids is 3. The molecule has 0 aliphatic carbocycles.